The van der Waals surface area contributed by atoms with Crippen LogP contribution in [0.1, 0.15) is 62.7 Å². The average molecular weight is 347 g/mol. The molecular formula is C18H29N5O2. The van der Waals surface area contributed by atoms with Crippen LogP contribution in [0.4, 0.5) is 11.8 Å². The van der Waals surface area contributed by atoms with Crippen LogP contribution in [-0.2, 0) is 4.74 Å². The van der Waals surface area contributed by atoms with Crippen LogP contribution in [0.15, 0.2) is 6.20 Å². The summed E-state index contributed by atoms with van der Waals surface area (Å²) in [5, 5.41) is 6.74. The van der Waals surface area contributed by atoms with E-state index in [0.717, 1.165) is 32.3 Å². The van der Waals surface area contributed by atoms with Gasteiger partial charge in [0.15, 0.2) is 0 Å². The summed E-state index contributed by atoms with van der Waals surface area (Å²) in [5.74, 6) is 1.23. The van der Waals surface area contributed by atoms with Crippen molar-refractivity contribution < 1.29 is 9.53 Å². The minimum Gasteiger partial charge on any atom is -0.379 e. The Morgan fingerprint density at radius 1 is 1.32 bits per heavy atom. The highest BCUT2D eigenvalue weighted by Gasteiger charge is 2.29. The zero-order chi connectivity index (χ0) is 17.8. The van der Waals surface area contributed by atoms with Crippen molar-refractivity contribution in [2.45, 2.75) is 70.6 Å². The van der Waals surface area contributed by atoms with Gasteiger partial charge in [0.25, 0.3) is 5.91 Å². The summed E-state index contributed by atoms with van der Waals surface area (Å²) >= 11 is 0. The lowest BCUT2D eigenvalue weighted by atomic mass is 9.93. The summed E-state index contributed by atoms with van der Waals surface area (Å²) in [7, 11) is 0. The quantitative estimate of drug-likeness (QED) is 0.668. The molecule has 2 aliphatic rings. The molecule has 138 valence electrons. The van der Waals surface area contributed by atoms with Crippen LogP contribution < -0.4 is 16.4 Å². The molecule has 7 nitrogen and oxygen atoms in total. The van der Waals surface area contributed by atoms with Gasteiger partial charge in [0.1, 0.15) is 5.82 Å². The van der Waals surface area contributed by atoms with Crippen molar-refractivity contribution in [1.82, 2.24) is 9.97 Å². The van der Waals surface area contributed by atoms with Crippen LogP contribution in [0.3, 0.4) is 0 Å². The number of primary amides is 1. The number of hydrogen-bond acceptors (Lipinski definition) is 6. The summed E-state index contributed by atoms with van der Waals surface area (Å²) in [5.41, 5.74) is 5.81. The molecule has 7 heteroatoms. The number of nitrogens with two attached hydrogens (primary N) is 1. The summed E-state index contributed by atoms with van der Waals surface area (Å²) in [6, 6.07) is 0.618. The second-order valence-electron chi connectivity index (χ2n) is 7.16. The molecule has 1 aromatic heterocycles. The SMILES string of the molecule is CCO[C@H]1CC[C@H](Nc2ncc(C(N)=O)c(NC(C)C3CC3)n2)CC1. The van der Waals surface area contributed by atoms with Gasteiger partial charge in [-0.25, -0.2) is 4.98 Å². The van der Waals surface area contributed by atoms with E-state index in [1.807, 2.05) is 6.92 Å². The van der Waals surface area contributed by atoms with Crippen LogP contribution in [0.2, 0.25) is 0 Å². The number of aromatic nitrogens is 2. The molecule has 1 heterocycles. The molecule has 1 aromatic rings. The third-order valence-corrected chi connectivity index (χ3v) is 5.16. The molecule has 1 unspecified atom stereocenters. The van der Waals surface area contributed by atoms with Gasteiger partial charge in [-0.05, 0) is 58.3 Å². The van der Waals surface area contributed by atoms with Crippen LogP contribution in [0.25, 0.3) is 0 Å². The summed E-state index contributed by atoms with van der Waals surface area (Å²) in [6.45, 7) is 4.93. The Hall–Kier alpha value is -1.89. The van der Waals surface area contributed by atoms with Crippen LogP contribution in [0.5, 0.6) is 0 Å². The lowest BCUT2D eigenvalue weighted by Crippen LogP contribution is -2.31. The minimum atomic E-state index is -0.505. The van der Waals surface area contributed by atoms with E-state index in [0.29, 0.717) is 35.4 Å². The molecule has 1 amide bonds. The van der Waals surface area contributed by atoms with E-state index < -0.39 is 5.91 Å². The largest absolute Gasteiger partial charge is 0.379 e. The van der Waals surface area contributed by atoms with Gasteiger partial charge in [0.2, 0.25) is 5.95 Å². The molecule has 0 bridgehead atoms. The fourth-order valence-electron chi connectivity index (χ4n) is 3.46. The Balaban J connectivity index is 1.64. The predicted molar refractivity (Wildman–Crippen MR) is 97.7 cm³/mol. The molecular weight excluding hydrogens is 318 g/mol. The highest BCUT2D eigenvalue weighted by molar-refractivity contribution is 5.97. The second-order valence-corrected chi connectivity index (χ2v) is 7.16. The number of hydrogen-bond donors (Lipinski definition) is 3. The molecule has 0 spiro atoms. The Morgan fingerprint density at radius 3 is 2.64 bits per heavy atom. The molecule has 2 aliphatic carbocycles. The van der Waals surface area contributed by atoms with Crippen LogP contribution in [-0.4, -0.2) is 40.7 Å². The molecule has 25 heavy (non-hydrogen) atoms. The number of carbonyl (C=O) groups excluding carboxylic acids is 1. The van der Waals surface area contributed by atoms with Crippen LogP contribution >= 0.6 is 0 Å². The van der Waals surface area contributed by atoms with Crippen molar-refractivity contribution in [3.63, 3.8) is 0 Å². The van der Waals surface area contributed by atoms with Crippen molar-refractivity contribution in [3.8, 4) is 0 Å². The van der Waals surface area contributed by atoms with Gasteiger partial charge < -0.3 is 21.1 Å². The third kappa shape index (κ3) is 4.81. The lowest BCUT2D eigenvalue weighted by Gasteiger charge is -2.29. The van der Waals surface area contributed by atoms with E-state index in [4.69, 9.17) is 10.5 Å². The van der Waals surface area contributed by atoms with Gasteiger partial charge in [-0.15, -0.1) is 0 Å². The van der Waals surface area contributed by atoms with E-state index in [1.165, 1.54) is 19.0 Å². The van der Waals surface area contributed by atoms with Gasteiger partial charge in [0, 0.05) is 24.9 Å². The molecule has 0 aliphatic heterocycles. The maximum Gasteiger partial charge on any atom is 0.254 e. The molecule has 3 rings (SSSR count). The van der Waals surface area contributed by atoms with Gasteiger partial charge >= 0.3 is 0 Å². The monoisotopic (exact) mass is 347 g/mol. The average Bonchev–Trinajstić information content (AvgIpc) is 3.42. The van der Waals surface area contributed by atoms with Crippen molar-refractivity contribution in [3.05, 3.63) is 11.8 Å². The molecule has 2 fully saturated rings. The molecule has 0 saturated heterocycles. The van der Waals surface area contributed by atoms with E-state index in [2.05, 4.69) is 27.5 Å². The highest BCUT2D eigenvalue weighted by Crippen LogP contribution is 2.34. The zero-order valence-corrected chi connectivity index (χ0v) is 15.1. The van der Waals surface area contributed by atoms with Crippen LogP contribution in [0, 0.1) is 5.92 Å². The van der Waals surface area contributed by atoms with E-state index in [1.54, 1.807) is 0 Å². The van der Waals surface area contributed by atoms with Gasteiger partial charge in [-0.1, -0.05) is 0 Å². The predicted octanol–water partition coefficient (Wildman–Crippen LogP) is 2.55. The molecule has 4 N–H and O–H groups in total. The number of amides is 1. The number of carbonyl (C=O) groups is 1. The smallest absolute Gasteiger partial charge is 0.254 e. The number of nitrogens with zero attached hydrogens (tertiary/aromatic N) is 2. The van der Waals surface area contributed by atoms with Gasteiger partial charge in [-0.2, -0.15) is 4.98 Å². The minimum absolute atomic E-state index is 0.280. The molecule has 2 saturated carbocycles. The van der Waals surface area contributed by atoms with Crippen molar-refractivity contribution in [2.75, 3.05) is 17.2 Å². The van der Waals surface area contributed by atoms with E-state index in [-0.39, 0.29) is 6.04 Å². The lowest BCUT2D eigenvalue weighted by molar-refractivity contribution is 0.0346. The first-order valence-corrected chi connectivity index (χ1v) is 9.38. The fourth-order valence-corrected chi connectivity index (χ4v) is 3.46. The first-order chi connectivity index (χ1) is 12.1. The number of anilines is 2. The van der Waals surface area contributed by atoms with Crippen molar-refractivity contribution in [2.24, 2.45) is 11.7 Å². The number of rotatable bonds is 8. The molecule has 1 atom stereocenters. The Labute approximate surface area is 149 Å². The van der Waals surface area contributed by atoms with Gasteiger partial charge in [0.05, 0.1) is 11.7 Å². The first kappa shape index (κ1) is 17.9. The van der Waals surface area contributed by atoms with Crippen molar-refractivity contribution >= 4 is 17.7 Å². The second kappa shape index (κ2) is 7.99. The topological polar surface area (TPSA) is 102 Å². The normalized spacial score (nSPS) is 24.6. The first-order valence-electron chi connectivity index (χ1n) is 9.38. The zero-order valence-electron chi connectivity index (χ0n) is 15.1. The summed E-state index contributed by atoms with van der Waals surface area (Å²) in [6.07, 6.45) is 8.51. The van der Waals surface area contributed by atoms with Crippen molar-refractivity contribution in [1.29, 1.82) is 0 Å². The Bertz CT molecular complexity index is 597. The fraction of sp³-hybridized carbons (Fsp3) is 0.722. The summed E-state index contributed by atoms with van der Waals surface area (Å²) < 4.78 is 5.69. The number of ether oxygens (including phenoxy) is 1. The Morgan fingerprint density at radius 2 is 2.04 bits per heavy atom. The Kier molecular flexibility index (Phi) is 5.73. The van der Waals surface area contributed by atoms with E-state index >= 15 is 0 Å². The molecule has 0 radical (unpaired) electrons. The van der Waals surface area contributed by atoms with E-state index in [9.17, 15) is 4.79 Å². The third-order valence-electron chi connectivity index (χ3n) is 5.16. The maximum absolute atomic E-state index is 11.7. The molecule has 0 aromatic carbocycles. The standard InChI is InChI=1S/C18H29N5O2/c1-3-25-14-8-6-13(7-9-14)22-18-20-10-15(16(19)24)17(23-18)21-11(2)12-4-5-12/h10-14H,3-9H2,1-2H3,(H2,19,24)(H2,20,21,22,23)/t11?,13-,14-. The number of nitrogens with one attached hydrogen (secondary N) is 2. The highest BCUT2D eigenvalue weighted by atomic mass is 16.5. The maximum atomic E-state index is 11.7. The summed E-state index contributed by atoms with van der Waals surface area (Å²) in [4.78, 5) is 20.5. The van der Waals surface area contributed by atoms with Gasteiger partial charge in [-0.3, -0.25) is 4.79 Å².